The molecule has 0 aromatic heterocycles. The van der Waals surface area contributed by atoms with E-state index >= 15 is 0 Å². The van der Waals surface area contributed by atoms with Crippen molar-refractivity contribution in [2.24, 2.45) is 17.8 Å². The van der Waals surface area contributed by atoms with E-state index in [9.17, 15) is 9.59 Å². The molecule has 1 aliphatic carbocycles. The molecule has 0 bridgehead atoms. The van der Waals surface area contributed by atoms with Crippen LogP contribution >= 0.6 is 0 Å². The Kier molecular flexibility index (Phi) is 8.66. The van der Waals surface area contributed by atoms with Gasteiger partial charge in [-0.1, -0.05) is 6.92 Å². The molecule has 0 heterocycles. The van der Waals surface area contributed by atoms with Gasteiger partial charge < -0.3 is 10.2 Å². The first-order valence-corrected chi connectivity index (χ1v) is 4.48. The molecule has 1 fully saturated rings. The first-order chi connectivity index (χ1) is 6.02. The van der Waals surface area contributed by atoms with Gasteiger partial charge in [-0.3, -0.25) is 9.59 Å². The van der Waals surface area contributed by atoms with Crippen molar-refractivity contribution in [1.82, 2.24) is 0 Å². The molecule has 0 aliphatic heterocycles. The summed E-state index contributed by atoms with van der Waals surface area (Å²) in [5.41, 5.74) is 0. The molecule has 3 atom stereocenters. The van der Waals surface area contributed by atoms with Crippen molar-refractivity contribution in [2.75, 3.05) is 0 Å². The molecule has 4 nitrogen and oxygen atoms in total. The topological polar surface area (TPSA) is 74.6 Å². The Morgan fingerprint density at radius 1 is 1.00 bits per heavy atom. The van der Waals surface area contributed by atoms with Crippen LogP contribution < -0.4 is 0 Å². The van der Waals surface area contributed by atoms with Gasteiger partial charge in [-0.15, -0.1) is 0 Å². The van der Waals surface area contributed by atoms with E-state index in [1.165, 1.54) is 0 Å². The van der Waals surface area contributed by atoms with Gasteiger partial charge in [0.05, 0.1) is 11.8 Å². The molecule has 1 aliphatic rings. The Morgan fingerprint density at radius 3 is 1.87 bits per heavy atom. The number of aliphatic carboxylic acids is 2. The molecule has 1 saturated carbocycles. The third-order valence-electron chi connectivity index (χ3n) is 2.75. The van der Waals surface area contributed by atoms with Crippen molar-refractivity contribution in [1.29, 1.82) is 0 Å². The van der Waals surface area contributed by atoms with Crippen molar-refractivity contribution in [2.45, 2.75) is 26.2 Å². The minimum atomic E-state index is -0.973. The molecule has 6 heteroatoms. The fourth-order valence-corrected chi connectivity index (χ4v) is 1.95. The molecule has 3 unspecified atom stereocenters. The Hall–Kier alpha value is 0.135. The van der Waals surface area contributed by atoms with Crippen molar-refractivity contribution in [3.05, 3.63) is 0 Å². The molecular formula is C9H16Li2O4. The van der Waals surface area contributed by atoms with E-state index in [1.54, 1.807) is 0 Å². The van der Waals surface area contributed by atoms with Gasteiger partial charge in [-0.25, -0.2) is 0 Å². The molecule has 78 valence electrons. The molecule has 0 amide bonds. The molecule has 2 N–H and O–H groups in total. The number of hydrogen-bond donors (Lipinski definition) is 2. The zero-order chi connectivity index (χ0) is 10.0. The summed E-state index contributed by atoms with van der Waals surface area (Å²) >= 11 is 0. The number of carboxylic acid groups (broad SMARTS) is 2. The second-order valence-corrected chi connectivity index (χ2v) is 3.81. The fourth-order valence-electron chi connectivity index (χ4n) is 1.95. The Bertz CT molecular complexity index is 232. The summed E-state index contributed by atoms with van der Waals surface area (Å²) in [7, 11) is 0. The van der Waals surface area contributed by atoms with E-state index in [1.807, 2.05) is 6.92 Å². The van der Waals surface area contributed by atoms with Gasteiger partial charge in [-0.05, 0) is 25.2 Å². The average Bonchev–Trinajstić information content (AvgIpc) is 2.03. The van der Waals surface area contributed by atoms with Gasteiger partial charge in [-0.2, -0.15) is 0 Å². The number of carbonyl (C=O) groups is 2. The standard InChI is InChI=1S/C9H14O4.2Li.2H/c1-5-2-3-6(8(10)11)7(4-5)9(12)13;;;;/h5-7H,2-4H2,1H3,(H,10,11)(H,12,13);;;;. The van der Waals surface area contributed by atoms with Crippen molar-refractivity contribution in [3.8, 4) is 0 Å². The van der Waals surface area contributed by atoms with Crippen LogP contribution in [-0.2, 0) is 9.59 Å². The van der Waals surface area contributed by atoms with Crippen LogP contribution in [0, 0.1) is 17.8 Å². The van der Waals surface area contributed by atoms with E-state index in [4.69, 9.17) is 10.2 Å². The van der Waals surface area contributed by atoms with Gasteiger partial charge in [0.15, 0.2) is 0 Å². The quantitative estimate of drug-likeness (QED) is 0.613. The van der Waals surface area contributed by atoms with Gasteiger partial charge in [0.1, 0.15) is 0 Å². The molecule has 0 spiro atoms. The monoisotopic (exact) mass is 202 g/mol. The number of hydrogen-bond acceptors (Lipinski definition) is 2. The molecule has 0 saturated heterocycles. The fraction of sp³-hybridized carbons (Fsp3) is 0.778. The summed E-state index contributed by atoms with van der Waals surface area (Å²) in [4.78, 5) is 21.5. The zero-order valence-corrected chi connectivity index (χ0v) is 7.56. The van der Waals surface area contributed by atoms with Crippen LogP contribution in [0.15, 0.2) is 0 Å². The van der Waals surface area contributed by atoms with E-state index in [2.05, 4.69) is 0 Å². The Labute approximate surface area is 113 Å². The molecule has 0 aromatic rings. The van der Waals surface area contributed by atoms with Crippen molar-refractivity contribution < 1.29 is 19.8 Å². The van der Waals surface area contributed by atoms with E-state index in [0.29, 0.717) is 18.8 Å². The number of rotatable bonds is 2. The first-order valence-electron chi connectivity index (χ1n) is 4.48. The maximum atomic E-state index is 10.8. The first kappa shape index (κ1) is 17.5. The molecule has 15 heavy (non-hydrogen) atoms. The number of carboxylic acids is 2. The van der Waals surface area contributed by atoms with Crippen molar-refractivity contribution >= 4 is 49.7 Å². The van der Waals surface area contributed by atoms with Crippen LogP contribution in [0.4, 0.5) is 0 Å². The van der Waals surface area contributed by atoms with E-state index in [0.717, 1.165) is 6.42 Å². The molecular weight excluding hydrogens is 186 g/mol. The Morgan fingerprint density at radius 2 is 1.47 bits per heavy atom. The molecule has 1 rings (SSSR count). The second-order valence-electron chi connectivity index (χ2n) is 3.81. The van der Waals surface area contributed by atoms with Gasteiger partial charge >= 0.3 is 49.7 Å². The summed E-state index contributed by atoms with van der Waals surface area (Å²) in [6.07, 6.45) is 1.81. The predicted molar refractivity (Wildman–Crippen MR) is 59.6 cm³/mol. The molecule has 0 radical (unpaired) electrons. The third kappa shape index (κ3) is 4.66. The summed E-state index contributed by atoms with van der Waals surface area (Å²) < 4.78 is 0. The summed E-state index contributed by atoms with van der Waals surface area (Å²) in [6.45, 7) is 1.97. The van der Waals surface area contributed by atoms with Crippen LogP contribution in [0.25, 0.3) is 0 Å². The van der Waals surface area contributed by atoms with E-state index in [-0.39, 0.29) is 37.7 Å². The van der Waals surface area contributed by atoms with Crippen LogP contribution in [0.3, 0.4) is 0 Å². The summed E-state index contributed by atoms with van der Waals surface area (Å²) in [5, 5.41) is 17.6. The zero-order valence-electron chi connectivity index (χ0n) is 7.56. The molecule has 0 aromatic carbocycles. The summed E-state index contributed by atoms with van der Waals surface area (Å²) in [5.74, 6) is -3.00. The SMILES string of the molecule is CC1CCC(C(=O)O)C(C(=O)O)C1.[LiH].[LiH]. The van der Waals surface area contributed by atoms with Crippen LogP contribution in [0.1, 0.15) is 26.2 Å². The minimum absolute atomic E-state index is 0. The second kappa shape index (κ2) is 7.42. The Balaban J connectivity index is 0. The van der Waals surface area contributed by atoms with Gasteiger partial charge in [0, 0.05) is 0 Å². The van der Waals surface area contributed by atoms with E-state index < -0.39 is 23.8 Å². The van der Waals surface area contributed by atoms with Gasteiger partial charge in [0.2, 0.25) is 0 Å². The normalized spacial score (nSPS) is 29.5. The van der Waals surface area contributed by atoms with Crippen LogP contribution in [0.2, 0.25) is 0 Å². The summed E-state index contributed by atoms with van der Waals surface area (Å²) in [6, 6.07) is 0. The predicted octanol–water partition coefficient (Wildman–Crippen LogP) is -0.0890. The van der Waals surface area contributed by atoms with Crippen LogP contribution in [0.5, 0.6) is 0 Å². The van der Waals surface area contributed by atoms with Crippen molar-refractivity contribution in [3.63, 3.8) is 0 Å². The van der Waals surface area contributed by atoms with Gasteiger partial charge in [0.25, 0.3) is 0 Å². The average molecular weight is 202 g/mol. The van der Waals surface area contributed by atoms with Crippen LogP contribution in [-0.4, -0.2) is 59.9 Å². The third-order valence-corrected chi connectivity index (χ3v) is 2.75. The maximum absolute atomic E-state index is 10.8.